The van der Waals surface area contributed by atoms with Crippen molar-refractivity contribution < 1.29 is 14.3 Å². The van der Waals surface area contributed by atoms with Crippen molar-refractivity contribution in [3.63, 3.8) is 0 Å². The summed E-state index contributed by atoms with van der Waals surface area (Å²) in [5.41, 5.74) is 4.19. The molecule has 0 aliphatic rings. The Hall–Kier alpha value is -2.33. The van der Waals surface area contributed by atoms with E-state index in [9.17, 15) is 4.79 Å². The summed E-state index contributed by atoms with van der Waals surface area (Å²) in [6.07, 6.45) is 0. The van der Waals surface area contributed by atoms with Gasteiger partial charge in [-0.1, -0.05) is 42.5 Å². The standard InChI is InChI=1S/C19H23NO3/c1-14-7-6-8-15(2)19(14)23-13-18(21)20-11-16-9-4-5-10-17(16)12-22-3/h4-10H,11-13H2,1-3H3,(H,20,21). The summed E-state index contributed by atoms with van der Waals surface area (Å²) in [7, 11) is 1.66. The first-order valence-electron chi connectivity index (χ1n) is 7.63. The van der Waals surface area contributed by atoms with E-state index >= 15 is 0 Å². The minimum absolute atomic E-state index is 0.0120. The number of amides is 1. The molecular formula is C19H23NO3. The van der Waals surface area contributed by atoms with Crippen LogP contribution in [0.3, 0.4) is 0 Å². The maximum absolute atomic E-state index is 12.0. The highest BCUT2D eigenvalue weighted by molar-refractivity contribution is 5.77. The highest BCUT2D eigenvalue weighted by atomic mass is 16.5. The Morgan fingerprint density at radius 1 is 1.00 bits per heavy atom. The zero-order valence-corrected chi connectivity index (χ0v) is 13.9. The fraction of sp³-hybridized carbons (Fsp3) is 0.316. The Kier molecular flexibility index (Phi) is 6.18. The molecule has 2 aromatic rings. The molecule has 2 aromatic carbocycles. The molecule has 1 amide bonds. The highest BCUT2D eigenvalue weighted by Crippen LogP contribution is 2.22. The molecule has 1 N–H and O–H groups in total. The van der Waals surface area contributed by atoms with Crippen molar-refractivity contribution in [2.75, 3.05) is 13.7 Å². The zero-order valence-electron chi connectivity index (χ0n) is 13.9. The summed E-state index contributed by atoms with van der Waals surface area (Å²) < 4.78 is 10.8. The van der Waals surface area contributed by atoms with E-state index in [1.807, 2.05) is 56.3 Å². The van der Waals surface area contributed by atoms with E-state index in [0.29, 0.717) is 13.2 Å². The van der Waals surface area contributed by atoms with Gasteiger partial charge in [-0.25, -0.2) is 0 Å². The summed E-state index contributed by atoms with van der Waals surface area (Å²) in [5.74, 6) is 0.641. The average Bonchev–Trinajstić information content (AvgIpc) is 2.54. The van der Waals surface area contributed by atoms with Crippen LogP contribution in [-0.4, -0.2) is 19.6 Å². The molecule has 0 bridgehead atoms. The van der Waals surface area contributed by atoms with Gasteiger partial charge in [0.05, 0.1) is 6.61 Å². The van der Waals surface area contributed by atoms with Gasteiger partial charge in [-0.05, 0) is 36.1 Å². The smallest absolute Gasteiger partial charge is 0.258 e. The summed E-state index contributed by atoms with van der Waals surface area (Å²) in [6, 6.07) is 13.8. The Morgan fingerprint density at radius 3 is 2.30 bits per heavy atom. The third-order valence-corrected chi connectivity index (χ3v) is 3.65. The molecule has 0 heterocycles. The summed E-state index contributed by atoms with van der Waals surface area (Å²) in [6.45, 7) is 4.96. The third-order valence-electron chi connectivity index (χ3n) is 3.65. The summed E-state index contributed by atoms with van der Waals surface area (Å²) in [4.78, 5) is 12.0. The minimum atomic E-state index is -0.139. The second kappa shape index (κ2) is 8.34. The maximum atomic E-state index is 12.0. The fourth-order valence-electron chi connectivity index (χ4n) is 2.44. The van der Waals surface area contributed by atoms with Crippen molar-refractivity contribution in [1.82, 2.24) is 5.32 Å². The lowest BCUT2D eigenvalue weighted by Crippen LogP contribution is -2.29. The number of para-hydroxylation sites is 1. The number of benzene rings is 2. The second-order valence-corrected chi connectivity index (χ2v) is 5.49. The van der Waals surface area contributed by atoms with Crippen molar-refractivity contribution in [2.24, 2.45) is 0 Å². The molecule has 0 unspecified atom stereocenters. The monoisotopic (exact) mass is 313 g/mol. The molecule has 0 saturated carbocycles. The number of hydrogen-bond acceptors (Lipinski definition) is 3. The van der Waals surface area contributed by atoms with Gasteiger partial charge in [-0.15, -0.1) is 0 Å². The van der Waals surface area contributed by atoms with Gasteiger partial charge in [-0.3, -0.25) is 4.79 Å². The largest absolute Gasteiger partial charge is 0.483 e. The molecule has 0 radical (unpaired) electrons. The molecule has 0 fully saturated rings. The van der Waals surface area contributed by atoms with Crippen LogP contribution in [0.2, 0.25) is 0 Å². The zero-order chi connectivity index (χ0) is 16.7. The molecule has 23 heavy (non-hydrogen) atoms. The number of hydrogen-bond donors (Lipinski definition) is 1. The quantitative estimate of drug-likeness (QED) is 0.854. The second-order valence-electron chi connectivity index (χ2n) is 5.49. The van der Waals surface area contributed by atoms with E-state index in [-0.39, 0.29) is 12.5 Å². The summed E-state index contributed by atoms with van der Waals surface area (Å²) >= 11 is 0. The molecule has 0 atom stereocenters. The van der Waals surface area contributed by atoms with Crippen molar-refractivity contribution >= 4 is 5.91 Å². The SMILES string of the molecule is COCc1ccccc1CNC(=O)COc1c(C)cccc1C. The van der Waals surface area contributed by atoms with Crippen LogP contribution in [0, 0.1) is 13.8 Å². The molecule has 0 aromatic heterocycles. The van der Waals surface area contributed by atoms with Crippen LogP contribution in [0.1, 0.15) is 22.3 Å². The van der Waals surface area contributed by atoms with Crippen molar-refractivity contribution in [1.29, 1.82) is 0 Å². The van der Waals surface area contributed by atoms with Crippen LogP contribution < -0.4 is 10.1 Å². The summed E-state index contributed by atoms with van der Waals surface area (Å²) in [5, 5.41) is 2.89. The first kappa shape index (κ1) is 17.0. The van der Waals surface area contributed by atoms with Crippen LogP contribution >= 0.6 is 0 Å². The first-order valence-corrected chi connectivity index (χ1v) is 7.63. The Labute approximate surface area is 137 Å². The number of methoxy groups -OCH3 is 1. The maximum Gasteiger partial charge on any atom is 0.258 e. The predicted molar refractivity (Wildman–Crippen MR) is 90.4 cm³/mol. The van der Waals surface area contributed by atoms with Crippen molar-refractivity contribution in [2.45, 2.75) is 27.0 Å². The van der Waals surface area contributed by atoms with E-state index in [1.165, 1.54) is 0 Å². The number of rotatable bonds is 7. The van der Waals surface area contributed by atoms with Gasteiger partial charge >= 0.3 is 0 Å². The van der Waals surface area contributed by atoms with E-state index in [1.54, 1.807) is 7.11 Å². The topological polar surface area (TPSA) is 47.6 Å². The fourth-order valence-corrected chi connectivity index (χ4v) is 2.44. The van der Waals surface area contributed by atoms with Gasteiger partial charge < -0.3 is 14.8 Å². The van der Waals surface area contributed by atoms with Gasteiger partial charge in [-0.2, -0.15) is 0 Å². The molecule has 2 rings (SSSR count). The number of carbonyl (C=O) groups excluding carboxylic acids is 1. The number of ether oxygens (including phenoxy) is 2. The van der Waals surface area contributed by atoms with E-state index < -0.39 is 0 Å². The molecule has 4 nitrogen and oxygen atoms in total. The van der Waals surface area contributed by atoms with Gasteiger partial charge in [0.1, 0.15) is 5.75 Å². The molecule has 0 aliphatic carbocycles. The van der Waals surface area contributed by atoms with Gasteiger partial charge in [0.25, 0.3) is 5.91 Å². The van der Waals surface area contributed by atoms with Crippen LogP contribution in [0.5, 0.6) is 5.75 Å². The van der Waals surface area contributed by atoms with Gasteiger partial charge in [0.15, 0.2) is 6.61 Å². The van der Waals surface area contributed by atoms with Crippen molar-refractivity contribution in [3.8, 4) is 5.75 Å². The Bertz CT molecular complexity index is 647. The predicted octanol–water partition coefficient (Wildman–Crippen LogP) is 3.15. The normalized spacial score (nSPS) is 10.4. The lowest BCUT2D eigenvalue weighted by Gasteiger charge is -2.13. The molecule has 0 saturated heterocycles. The molecule has 122 valence electrons. The van der Waals surface area contributed by atoms with Gasteiger partial charge in [0, 0.05) is 13.7 Å². The van der Waals surface area contributed by atoms with Crippen LogP contribution in [0.4, 0.5) is 0 Å². The van der Waals surface area contributed by atoms with E-state index in [4.69, 9.17) is 9.47 Å². The first-order chi connectivity index (χ1) is 11.1. The van der Waals surface area contributed by atoms with Crippen LogP contribution in [0.15, 0.2) is 42.5 Å². The average molecular weight is 313 g/mol. The lowest BCUT2D eigenvalue weighted by atomic mass is 10.1. The minimum Gasteiger partial charge on any atom is -0.483 e. The van der Waals surface area contributed by atoms with Gasteiger partial charge in [0.2, 0.25) is 0 Å². The number of nitrogens with one attached hydrogen (secondary N) is 1. The van der Waals surface area contributed by atoms with E-state index in [2.05, 4.69) is 5.32 Å². The highest BCUT2D eigenvalue weighted by Gasteiger charge is 2.08. The van der Waals surface area contributed by atoms with E-state index in [0.717, 1.165) is 28.0 Å². The van der Waals surface area contributed by atoms with Crippen molar-refractivity contribution in [3.05, 3.63) is 64.7 Å². The lowest BCUT2D eigenvalue weighted by molar-refractivity contribution is -0.123. The third kappa shape index (κ3) is 4.83. The number of aryl methyl sites for hydroxylation is 2. The Balaban J connectivity index is 1.89. The Morgan fingerprint density at radius 2 is 1.65 bits per heavy atom. The molecular weight excluding hydrogens is 290 g/mol. The molecule has 0 aliphatic heterocycles. The van der Waals surface area contributed by atoms with Crippen LogP contribution in [-0.2, 0) is 22.7 Å². The molecule has 0 spiro atoms. The molecule has 4 heteroatoms. The number of carbonyl (C=O) groups is 1. The van der Waals surface area contributed by atoms with Crippen LogP contribution in [0.25, 0.3) is 0 Å².